The molecular weight excluding hydrogens is 550 g/mol. The van der Waals surface area contributed by atoms with Crippen molar-refractivity contribution in [2.45, 2.75) is 70.6 Å². The van der Waals surface area contributed by atoms with Crippen LogP contribution in [-0.2, 0) is 35.7 Å². The van der Waals surface area contributed by atoms with Crippen LogP contribution in [0.1, 0.15) is 65.4 Å². The second-order valence-corrected chi connectivity index (χ2v) is 13.6. The van der Waals surface area contributed by atoms with Gasteiger partial charge in [-0.3, -0.25) is 14.9 Å². The second-order valence-electron chi connectivity index (χ2n) is 12.6. The lowest BCUT2D eigenvalue weighted by molar-refractivity contribution is -0.118. The van der Waals surface area contributed by atoms with Crippen LogP contribution in [0.2, 0.25) is 0 Å². The number of ether oxygens (including phenoxy) is 2. The number of carbonyl (C=O) groups is 2. The molecule has 8 nitrogen and oxygen atoms in total. The Morgan fingerprint density at radius 1 is 0.976 bits per heavy atom. The van der Waals surface area contributed by atoms with Crippen LogP contribution >= 0.6 is 11.8 Å². The summed E-state index contributed by atoms with van der Waals surface area (Å²) in [6, 6.07) is 16.7. The van der Waals surface area contributed by atoms with E-state index < -0.39 is 16.4 Å². The van der Waals surface area contributed by atoms with Crippen molar-refractivity contribution in [2.24, 2.45) is 7.05 Å². The fourth-order valence-corrected chi connectivity index (χ4v) is 5.63. The molecule has 4 aromatic rings. The molecule has 42 heavy (non-hydrogen) atoms. The van der Waals surface area contributed by atoms with Crippen molar-refractivity contribution >= 4 is 33.9 Å². The quantitative estimate of drug-likeness (QED) is 0.237. The van der Waals surface area contributed by atoms with E-state index in [2.05, 4.69) is 46.9 Å². The molecule has 5 rings (SSSR count). The van der Waals surface area contributed by atoms with E-state index >= 15 is 0 Å². The summed E-state index contributed by atoms with van der Waals surface area (Å²) in [6.45, 7) is 12.7. The van der Waals surface area contributed by atoms with Gasteiger partial charge in [0.05, 0.1) is 17.6 Å². The zero-order valence-electron chi connectivity index (χ0n) is 26.0. The van der Waals surface area contributed by atoms with Crippen LogP contribution in [0.3, 0.4) is 0 Å². The first-order valence-corrected chi connectivity index (χ1v) is 14.6. The molecule has 0 radical (unpaired) electrons. The molecule has 1 aromatic heterocycles. The number of carbonyl (C=O) groups excluding carboxylic acids is 2. The van der Waals surface area contributed by atoms with Gasteiger partial charge >= 0.3 is 0 Å². The molecule has 1 saturated heterocycles. The molecule has 9 heteroatoms. The van der Waals surface area contributed by atoms with Gasteiger partial charge in [-0.05, 0) is 59.2 Å². The summed E-state index contributed by atoms with van der Waals surface area (Å²) >= 11 is 0.697. The number of imidazole rings is 1. The number of phenolic OH excluding ortho intramolecular Hbond substituents is 1. The standard InChI is InChI=1S/C33H37N3O5S/c1-32(2,3)22-17-27(23(16-26(22)37)33(4,5)6)41-21-12-13-24-25(15-21)36(7)29(34-24)18-40-20-10-8-19(9-11-20)14-28-30(38)35-31(39)42-28/h8-13,15-17,28,37H,14,18H2,1-7H3,(H,35,38,39)/i28D. The number of phenols is 1. The van der Waals surface area contributed by atoms with E-state index in [1.807, 2.05) is 41.9 Å². The fourth-order valence-electron chi connectivity index (χ4n) is 4.88. The largest absolute Gasteiger partial charge is 0.508 e. The van der Waals surface area contributed by atoms with Crippen LogP contribution in [0, 0.1) is 0 Å². The first kappa shape index (κ1) is 28.2. The van der Waals surface area contributed by atoms with Gasteiger partial charge in [0.25, 0.3) is 5.24 Å². The normalized spacial score (nSPS) is 17.8. The molecule has 1 aliphatic rings. The Labute approximate surface area is 251 Å². The van der Waals surface area contributed by atoms with Gasteiger partial charge < -0.3 is 19.1 Å². The Hall–Kier alpha value is -3.98. The molecule has 2 N–H and O–H groups in total. The number of nitrogens with zero attached hydrogens (tertiary/aromatic N) is 2. The Kier molecular flexibility index (Phi) is 7.39. The first-order valence-electron chi connectivity index (χ1n) is 14.3. The number of rotatable bonds is 7. The number of aromatic nitrogens is 2. The lowest BCUT2D eigenvalue weighted by Gasteiger charge is -2.27. The monoisotopic (exact) mass is 588 g/mol. The van der Waals surface area contributed by atoms with Gasteiger partial charge in [-0.15, -0.1) is 0 Å². The third-order valence-electron chi connectivity index (χ3n) is 7.23. The molecule has 0 saturated carbocycles. The maximum Gasteiger partial charge on any atom is 0.286 e. The van der Waals surface area contributed by atoms with Crippen LogP contribution in [-0.4, -0.2) is 31.0 Å². The molecule has 1 unspecified atom stereocenters. The lowest BCUT2D eigenvalue weighted by Crippen LogP contribution is -2.25. The van der Waals surface area contributed by atoms with Gasteiger partial charge in [0.15, 0.2) is 0 Å². The summed E-state index contributed by atoms with van der Waals surface area (Å²) in [5, 5.41) is 10.9. The van der Waals surface area contributed by atoms with Gasteiger partial charge in [0.1, 0.15) is 35.4 Å². The molecule has 2 amide bonds. The Morgan fingerprint density at radius 2 is 1.64 bits per heavy atom. The molecule has 2 heterocycles. The maximum absolute atomic E-state index is 12.0. The third kappa shape index (κ3) is 6.26. The molecular formula is C33H37N3O5S. The summed E-state index contributed by atoms with van der Waals surface area (Å²) in [5.74, 6) is 2.40. The van der Waals surface area contributed by atoms with Gasteiger partial charge in [-0.1, -0.05) is 65.4 Å². The minimum Gasteiger partial charge on any atom is -0.508 e. The molecule has 1 aliphatic heterocycles. The minimum atomic E-state index is -1.55. The van der Waals surface area contributed by atoms with Crippen molar-refractivity contribution in [3.05, 3.63) is 77.1 Å². The maximum atomic E-state index is 12.0. The van der Waals surface area contributed by atoms with Gasteiger partial charge in [-0.2, -0.15) is 0 Å². The van der Waals surface area contributed by atoms with Crippen molar-refractivity contribution in [2.75, 3.05) is 0 Å². The first-order chi connectivity index (χ1) is 20.0. The van der Waals surface area contributed by atoms with Crippen molar-refractivity contribution in [1.82, 2.24) is 14.9 Å². The molecule has 3 aromatic carbocycles. The molecule has 0 bridgehead atoms. The van der Waals surface area contributed by atoms with Crippen molar-refractivity contribution in [3.63, 3.8) is 0 Å². The van der Waals surface area contributed by atoms with E-state index in [4.69, 9.17) is 15.8 Å². The lowest BCUT2D eigenvalue weighted by atomic mass is 9.81. The van der Waals surface area contributed by atoms with E-state index in [1.54, 1.807) is 24.3 Å². The average Bonchev–Trinajstić information content (AvgIpc) is 3.36. The zero-order valence-corrected chi connectivity index (χ0v) is 25.8. The Balaban J connectivity index is 1.33. The smallest absolute Gasteiger partial charge is 0.286 e. The minimum absolute atomic E-state index is 0.115. The van der Waals surface area contributed by atoms with Crippen molar-refractivity contribution in [1.29, 1.82) is 0 Å². The molecule has 0 spiro atoms. The number of benzene rings is 3. The fraction of sp³-hybridized carbons (Fsp3) is 0.364. The molecule has 1 atom stereocenters. The van der Waals surface area contributed by atoms with E-state index in [0.717, 1.165) is 33.5 Å². The van der Waals surface area contributed by atoms with Crippen molar-refractivity contribution in [3.8, 4) is 23.0 Å². The summed E-state index contributed by atoms with van der Waals surface area (Å²) in [7, 11) is 1.93. The predicted molar refractivity (Wildman–Crippen MR) is 166 cm³/mol. The summed E-state index contributed by atoms with van der Waals surface area (Å²) in [4.78, 5) is 28.2. The number of amides is 2. The van der Waals surface area contributed by atoms with Gasteiger partial charge in [-0.25, -0.2) is 4.98 Å². The number of fused-ring (bicyclic) bond motifs is 1. The molecule has 1 fully saturated rings. The number of imide groups is 1. The summed E-state index contributed by atoms with van der Waals surface area (Å²) < 4.78 is 22.7. The van der Waals surface area contributed by atoms with Crippen LogP contribution in [0.15, 0.2) is 54.6 Å². The number of nitrogens with one attached hydrogen (secondary N) is 1. The van der Waals surface area contributed by atoms with Crippen LogP contribution < -0.4 is 14.8 Å². The van der Waals surface area contributed by atoms with E-state index in [0.29, 0.717) is 29.0 Å². The topological polar surface area (TPSA) is 103 Å². The highest BCUT2D eigenvalue weighted by atomic mass is 32.2. The number of hydrogen-bond donors (Lipinski definition) is 2. The van der Waals surface area contributed by atoms with Crippen LogP contribution in [0.4, 0.5) is 4.79 Å². The number of aryl methyl sites for hydroxylation is 1. The highest BCUT2D eigenvalue weighted by Gasteiger charge is 2.31. The van der Waals surface area contributed by atoms with E-state index in [1.165, 1.54) is 0 Å². The SMILES string of the molecule is [2H]C1(Cc2ccc(OCc3nc4ccc(Oc5cc(C(C)(C)C)c(O)cc5C(C)(C)C)cc4n3C)cc2)SC(=O)NC1=O. The summed E-state index contributed by atoms with van der Waals surface area (Å²) in [5.41, 5.74) is 3.70. The van der Waals surface area contributed by atoms with Crippen LogP contribution in [0.5, 0.6) is 23.0 Å². The van der Waals surface area contributed by atoms with Crippen molar-refractivity contribution < 1.29 is 25.5 Å². The number of hydrogen-bond acceptors (Lipinski definition) is 7. The second kappa shape index (κ2) is 11.0. The van der Waals surface area contributed by atoms with Crippen LogP contribution in [0.25, 0.3) is 11.0 Å². The highest BCUT2D eigenvalue weighted by Crippen LogP contribution is 2.42. The van der Waals surface area contributed by atoms with E-state index in [9.17, 15) is 14.7 Å². The summed E-state index contributed by atoms with van der Waals surface area (Å²) in [6.07, 6.45) is 0.115. The molecule has 220 valence electrons. The third-order valence-corrected chi connectivity index (χ3v) is 8.09. The number of aromatic hydroxyl groups is 1. The zero-order chi connectivity index (χ0) is 31.3. The van der Waals surface area contributed by atoms with E-state index in [-0.39, 0.29) is 29.6 Å². The number of thioether (sulfide) groups is 1. The predicted octanol–water partition coefficient (Wildman–Crippen LogP) is 7.14. The highest BCUT2D eigenvalue weighted by molar-refractivity contribution is 8.15. The Bertz CT molecular complexity index is 1720. The van der Waals surface area contributed by atoms with Gasteiger partial charge in [0.2, 0.25) is 5.91 Å². The Morgan fingerprint density at radius 3 is 2.26 bits per heavy atom. The molecule has 0 aliphatic carbocycles. The van der Waals surface area contributed by atoms with Gasteiger partial charge in [0, 0.05) is 24.2 Å². The average molecular weight is 589 g/mol.